The van der Waals surface area contributed by atoms with Gasteiger partial charge in [-0.2, -0.15) is 0 Å². The first-order valence-electron chi connectivity index (χ1n) is 3.08. The Labute approximate surface area is 56.3 Å². The van der Waals surface area contributed by atoms with E-state index in [4.69, 9.17) is 0 Å². The first-order chi connectivity index (χ1) is 4.13. The third-order valence-corrected chi connectivity index (χ3v) is 1.81. The average Bonchev–Trinajstić information content (AvgIpc) is 1.98. The number of nitrogens with zero attached hydrogens (tertiary/aromatic N) is 1. The lowest BCUT2D eigenvalue weighted by Crippen LogP contribution is -1.92. The van der Waals surface area contributed by atoms with E-state index in [-0.39, 0.29) is 0 Å². The summed E-state index contributed by atoms with van der Waals surface area (Å²) in [6, 6.07) is 2.14. The molecular formula is C8H12N. The second-order valence-corrected chi connectivity index (χ2v) is 2.47. The van der Waals surface area contributed by atoms with E-state index in [0.29, 0.717) is 0 Å². The Morgan fingerprint density at radius 2 is 2.00 bits per heavy atom. The minimum atomic E-state index is 1.12. The molecule has 0 spiro atoms. The van der Waals surface area contributed by atoms with Gasteiger partial charge in [0.1, 0.15) is 0 Å². The molecule has 1 aromatic rings. The monoisotopic (exact) mass is 122 g/mol. The molecule has 9 heavy (non-hydrogen) atoms. The van der Waals surface area contributed by atoms with Crippen LogP contribution in [0.5, 0.6) is 0 Å². The van der Waals surface area contributed by atoms with Gasteiger partial charge in [0.2, 0.25) is 0 Å². The van der Waals surface area contributed by atoms with Crippen LogP contribution in [0, 0.1) is 20.8 Å². The van der Waals surface area contributed by atoms with E-state index < -0.39 is 0 Å². The summed E-state index contributed by atoms with van der Waals surface area (Å²) >= 11 is 0. The average molecular weight is 122 g/mol. The zero-order valence-corrected chi connectivity index (χ0v) is 6.23. The van der Waals surface area contributed by atoms with Gasteiger partial charge in [0.15, 0.2) is 0 Å². The van der Waals surface area contributed by atoms with Crippen LogP contribution >= 0.6 is 0 Å². The molecule has 1 nitrogen and oxygen atoms in total. The first kappa shape index (κ1) is 6.40. The van der Waals surface area contributed by atoms with Crippen LogP contribution < -0.4 is 0 Å². The van der Waals surface area contributed by atoms with Crippen molar-refractivity contribution < 1.29 is 0 Å². The third-order valence-electron chi connectivity index (χ3n) is 1.81. The van der Waals surface area contributed by atoms with Crippen LogP contribution in [0.4, 0.5) is 0 Å². The molecule has 1 aromatic heterocycles. The summed E-state index contributed by atoms with van der Waals surface area (Å²) in [5.41, 5.74) is 3.67. The lowest BCUT2D eigenvalue weighted by Gasteiger charge is -1.97. The van der Waals surface area contributed by atoms with E-state index in [1.54, 1.807) is 0 Å². The van der Waals surface area contributed by atoms with E-state index in [1.807, 2.05) is 7.05 Å². The van der Waals surface area contributed by atoms with Crippen molar-refractivity contribution >= 4 is 0 Å². The molecule has 49 valence electrons. The van der Waals surface area contributed by atoms with Crippen molar-refractivity contribution in [3.05, 3.63) is 29.9 Å². The van der Waals surface area contributed by atoms with Crippen LogP contribution in [-0.2, 0) is 7.05 Å². The van der Waals surface area contributed by atoms with Crippen LogP contribution in [0.15, 0.2) is 6.07 Å². The lowest BCUT2D eigenvalue weighted by molar-refractivity contribution is 0.860. The van der Waals surface area contributed by atoms with E-state index in [2.05, 4.69) is 31.4 Å². The van der Waals surface area contributed by atoms with Gasteiger partial charge in [-0.3, -0.25) is 0 Å². The molecule has 0 saturated carbocycles. The van der Waals surface area contributed by atoms with Crippen LogP contribution in [0.2, 0.25) is 0 Å². The summed E-state index contributed by atoms with van der Waals surface area (Å²) in [5, 5.41) is 0. The van der Waals surface area contributed by atoms with Crippen molar-refractivity contribution in [2.45, 2.75) is 13.8 Å². The molecule has 0 amide bonds. The molecule has 1 heteroatoms. The fourth-order valence-electron chi connectivity index (χ4n) is 0.971. The highest BCUT2D eigenvalue weighted by molar-refractivity contribution is 5.27. The summed E-state index contributed by atoms with van der Waals surface area (Å²) in [6.07, 6.45) is 0. The Morgan fingerprint density at radius 3 is 2.11 bits per heavy atom. The van der Waals surface area contributed by atoms with Gasteiger partial charge in [-0.25, -0.2) is 0 Å². The van der Waals surface area contributed by atoms with Gasteiger partial charge >= 0.3 is 0 Å². The van der Waals surface area contributed by atoms with E-state index in [9.17, 15) is 0 Å². The van der Waals surface area contributed by atoms with Crippen molar-refractivity contribution in [1.82, 2.24) is 4.57 Å². The SMILES string of the molecule is [CH2]c1c(C)cc(C)n1C. The number of hydrogen-bond acceptors (Lipinski definition) is 0. The lowest BCUT2D eigenvalue weighted by atomic mass is 10.3. The maximum atomic E-state index is 3.90. The standard InChI is InChI=1S/C8H12N/c1-6-5-7(2)9(4)8(6)3/h5H,3H2,1-2,4H3. The van der Waals surface area contributed by atoms with Gasteiger partial charge in [0.25, 0.3) is 0 Å². The van der Waals surface area contributed by atoms with Gasteiger partial charge < -0.3 is 4.57 Å². The number of aromatic nitrogens is 1. The van der Waals surface area contributed by atoms with Crippen molar-refractivity contribution in [2.75, 3.05) is 0 Å². The van der Waals surface area contributed by atoms with Gasteiger partial charge in [0, 0.05) is 18.4 Å². The Morgan fingerprint density at radius 1 is 1.44 bits per heavy atom. The molecule has 0 aliphatic rings. The smallest absolute Gasteiger partial charge is 0.0207 e. The maximum absolute atomic E-state index is 3.90. The highest BCUT2D eigenvalue weighted by Crippen LogP contribution is 2.10. The molecule has 0 aliphatic carbocycles. The predicted octanol–water partition coefficient (Wildman–Crippen LogP) is 1.82. The topological polar surface area (TPSA) is 4.93 Å². The highest BCUT2D eigenvalue weighted by atomic mass is 14.9. The van der Waals surface area contributed by atoms with Crippen molar-refractivity contribution in [3.8, 4) is 0 Å². The fourth-order valence-corrected chi connectivity index (χ4v) is 0.971. The van der Waals surface area contributed by atoms with Crippen molar-refractivity contribution in [3.63, 3.8) is 0 Å². The first-order valence-corrected chi connectivity index (χ1v) is 3.08. The molecule has 0 saturated heterocycles. The van der Waals surface area contributed by atoms with Crippen LogP contribution in [0.25, 0.3) is 0 Å². The second kappa shape index (κ2) is 1.90. The number of hydrogen-bond donors (Lipinski definition) is 0. The Kier molecular flexibility index (Phi) is 1.35. The van der Waals surface area contributed by atoms with E-state index in [0.717, 1.165) is 5.69 Å². The molecule has 0 N–H and O–H groups in total. The second-order valence-electron chi connectivity index (χ2n) is 2.47. The molecule has 0 aromatic carbocycles. The fraction of sp³-hybridized carbons (Fsp3) is 0.375. The normalized spacial score (nSPS) is 10.2. The van der Waals surface area contributed by atoms with E-state index >= 15 is 0 Å². The highest BCUT2D eigenvalue weighted by Gasteiger charge is 1.98. The number of rotatable bonds is 0. The molecule has 1 rings (SSSR count). The molecule has 1 heterocycles. The zero-order valence-electron chi connectivity index (χ0n) is 6.23. The number of aryl methyl sites for hydroxylation is 2. The van der Waals surface area contributed by atoms with E-state index in [1.165, 1.54) is 11.3 Å². The largest absolute Gasteiger partial charge is 0.352 e. The molecular weight excluding hydrogens is 110 g/mol. The van der Waals surface area contributed by atoms with Crippen LogP contribution in [-0.4, -0.2) is 4.57 Å². The summed E-state index contributed by atoms with van der Waals surface area (Å²) < 4.78 is 2.09. The third kappa shape index (κ3) is 0.869. The van der Waals surface area contributed by atoms with Crippen LogP contribution in [0.1, 0.15) is 17.0 Å². The quantitative estimate of drug-likeness (QED) is 0.494. The molecule has 0 atom stereocenters. The minimum Gasteiger partial charge on any atom is -0.352 e. The predicted molar refractivity (Wildman–Crippen MR) is 39.3 cm³/mol. The maximum Gasteiger partial charge on any atom is 0.0207 e. The molecule has 1 radical (unpaired) electrons. The Balaban J connectivity index is 3.29. The van der Waals surface area contributed by atoms with Gasteiger partial charge in [-0.05, 0) is 32.4 Å². The minimum absolute atomic E-state index is 1.12. The molecule has 0 bridgehead atoms. The summed E-state index contributed by atoms with van der Waals surface area (Å²) in [5.74, 6) is 0. The van der Waals surface area contributed by atoms with Gasteiger partial charge in [-0.1, -0.05) is 0 Å². The summed E-state index contributed by atoms with van der Waals surface area (Å²) in [4.78, 5) is 0. The Hall–Kier alpha value is -0.720. The molecule has 0 fully saturated rings. The van der Waals surface area contributed by atoms with Crippen LogP contribution in [0.3, 0.4) is 0 Å². The molecule has 0 unspecified atom stereocenters. The molecule has 0 aliphatic heterocycles. The summed E-state index contributed by atoms with van der Waals surface area (Å²) in [7, 11) is 2.03. The Bertz CT molecular complexity index is 198. The van der Waals surface area contributed by atoms with Gasteiger partial charge in [0.05, 0.1) is 0 Å². The summed E-state index contributed by atoms with van der Waals surface area (Å²) in [6.45, 7) is 8.07. The zero-order chi connectivity index (χ0) is 7.02. The van der Waals surface area contributed by atoms with Gasteiger partial charge in [-0.15, -0.1) is 0 Å². The van der Waals surface area contributed by atoms with Crippen molar-refractivity contribution in [1.29, 1.82) is 0 Å². The van der Waals surface area contributed by atoms with Crippen molar-refractivity contribution in [2.24, 2.45) is 7.05 Å².